The molecule has 118 valence electrons. The highest BCUT2D eigenvalue weighted by Gasteiger charge is 2.09. The normalized spacial score (nSPS) is 10.6. The number of aromatic nitrogens is 3. The first-order chi connectivity index (χ1) is 11.2. The summed E-state index contributed by atoms with van der Waals surface area (Å²) in [5, 5.41) is 24.1. The second-order valence-corrected chi connectivity index (χ2v) is 4.95. The van der Waals surface area contributed by atoms with Crippen LogP contribution < -0.4 is 9.96 Å². The second-order valence-electron chi connectivity index (χ2n) is 4.95. The summed E-state index contributed by atoms with van der Waals surface area (Å²) in [6.07, 6.45) is 3.13. The Morgan fingerprint density at radius 3 is 2.83 bits per heavy atom. The molecule has 0 aliphatic rings. The fourth-order valence-electron chi connectivity index (χ4n) is 2.37. The fourth-order valence-corrected chi connectivity index (χ4v) is 2.37. The number of methoxy groups -OCH3 is 1. The van der Waals surface area contributed by atoms with Crippen LogP contribution in [0.25, 0.3) is 11.1 Å². The zero-order valence-electron chi connectivity index (χ0n) is 12.5. The Morgan fingerprint density at radius 2 is 2.13 bits per heavy atom. The number of hydrogen-bond donors (Lipinski definition) is 1. The van der Waals surface area contributed by atoms with Gasteiger partial charge in [-0.2, -0.15) is 5.10 Å². The SMILES string of the molecule is COc1ccc(Cn2cncn2)cc1-c1cccc(N([O-])O)c1. The highest BCUT2D eigenvalue weighted by molar-refractivity contribution is 5.74. The Bertz CT molecular complexity index is 788. The maximum atomic E-state index is 11.1. The molecule has 1 N–H and O–H groups in total. The molecular weight excluding hydrogens is 296 g/mol. The minimum absolute atomic E-state index is 0.158. The van der Waals surface area contributed by atoms with E-state index in [2.05, 4.69) is 10.1 Å². The van der Waals surface area contributed by atoms with E-state index in [-0.39, 0.29) is 10.9 Å². The topological polar surface area (TPSA) is 86.5 Å². The van der Waals surface area contributed by atoms with E-state index in [1.165, 1.54) is 12.4 Å². The van der Waals surface area contributed by atoms with E-state index in [0.717, 1.165) is 16.7 Å². The predicted octanol–water partition coefficient (Wildman–Crippen LogP) is 2.70. The second kappa shape index (κ2) is 6.47. The van der Waals surface area contributed by atoms with Crippen LogP contribution in [0.5, 0.6) is 5.75 Å². The van der Waals surface area contributed by atoms with Crippen molar-refractivity contribution >= 4 is 5.69 Å². The molecule has 0 amide bonds. The maximum absolute atomic E-state index is 11.1. The first-order valence-corrected chi connectivity index (χ1v) is 6.93. The Labute approximate surface area is 132 Å². The molecule has 1 heterocycles. The van der Waals surface area contributed by atoms with Gasteiger partial charge >= 0.3 is 0 Å². The largest absolute Gasteiger partial charge is 0.733 e. The van der Waals surface area contributed by atoms with E-state index in [1.54, 1.807) is 30.3 Å². The molecule has 3 rings (SSSR count). The summed E-state index contributed by atoms with van der Waals surface area (Å²) in [5.41, 5.74) is 2.77. The van der Waals surface area contributed by atoms with E-state index in [4.69, 9.17) is 9.94 Å². The van der Waals surface area contributed by atoms with Crippen molar-refractivity contribution in [3.05, 3.63) is 65.9 Å². The van der Waals surface area contributed by atoms with Crippen molar-refractivity contribution < 1.29 is 9.94 Å². The lowest BCUT2D eigenvalue weighted by molar-refractivity contribution is 0.296. The highest BCUT2D eigenvalue weighted by atomic mass is 16.8. The molecule has 3 aromatic rings. The van der Waals surface area contributed by atoms with Gasteiger partial charge < -0.3 is 15.2 Å². The van der Waals surface area contributed by atoms with Gasteiger partial charge in [-0.15, -0.1) is 0 Å². The third-order valence-corrected chi connectivity index (χ3v) is 3.45. The highest BCUT2D eigenvalue weighted by Crippen LogP contribution is 2.33. The zero-order valence-corrected chi connectivity index (χ0v) is 12.5. The standard InChI is InChI=1S/C16H15N4O3/c1-23-16-6-5-12(9-19-11-17-10-18-19)7-15(16)13-3-2-4-14(8-13)20(21)22/h2-8,10-11,21H,9H2,1H3/q-1. The van der Waals surface area contributed by atoms with Gasteiger partial charge in [0.25, 0.3) is 0 Å². The van der Waals surface area contributed by atoms with Gasteiger partial charge in [-0.25, -0.2) is 9.67 Å². The molecule has 0 aliphatic carbocycles. The van der Waals surface area contributed by atoms with Gasteiger partial charge in [0, 0.05) is 5.56 Å². The lowest BCUT2D eigenvalue weighted by Crippen LogP contribution is -2.06. The Morgan fingerprint density at radius 1 is 1.26 bits per heavy atom. The van der Waals surface area contributed by atoms with Crippen LogP contribution in [0.4, 0.5) is 5.69 Å². The fraction of sp³-hybridized carbons (Fsp3) is 0.125. The van der Waals surface area contributed by atoms with Gasteiger partial charge in [-0.1, -0.05) is 18.2 Å². The van der Waals surface area contributed by atoms with Crippen LogP contribution in [0, 0.1) is 5.21 Å². The van der Waals surface area contributed by atoms with Crippen molar-refractivity contribution in [2.45, 2.75) is 6.54 Å². The van der Waals surface area contributed by atoms with Crippen LogP contribution in [0.1, 0.15) is 5.56 Å². The minimum Gasteiger partial charge on any atom is -0.733 e. The van der Waals surface area contributed by atoms with E-state index >= 15 is 0 Å². The quantitative estimate of drug-likeness (QED) is 0.729. The smallest absolute Gasteiger partial charge is 0.137 e. The number of benzene rings is 2. The lowest BCUT2D eigenvalue weighted by Gasteiger charge is -2.22. The van der Waals surface area contributed by atoms with Gasteiger partial charge in [0.2, 0.25) is 0 Å². The van der Waals surface area contributed by atoms with Crippen LogP contribution in [0.2, 0.25) is 0 Å². The van der Waals surface area contributed by atoms with Gasteiger partial charge in [0.05, 0.1) is 19.3 Å². The van der Waals surface area contributed by atoms with E-state index < -0.39 is 0 Å². The molecule has 7 nitrogen and oxygen atoms in total. The van der Waals surface area contributed by atoms with Gasteiger partial charge in [0.1, 0.15) is 18.4 Å². The molecule has 0 atom stereocenters. The number of rotatable bonds is 5. The third-order valence-electron chi connectivity index (χ3n) is 3.45. The maximum Gasteiger partial charge on any atom is 0.137 e. The Kier molecular flexibility index (Phi) is 4.22. The number of anilines is 1. The molecule has 0 saturated heterocycles. The summed E-state index contributed by atoms with van der Waals surface area (Å²) in [4.78, 5) is 3.92. The molecule has 0 aliphatic heterocycles. The lowest BCUT2D eigenvalue weighted by atomic mass is 10.0. The first-order valence-electron chi connectivity index (χ1n) is 6.93. The van der Waals surface area contributed by atoms with Crippen molar-refractivity contribution in [1.82, 2.24) is 14.8 Å². The van der Waals surface area contributed by atoms with E-state index in [9.17, 15) is 5.21 Å². The number of nitrogens with zero attached hydrogens (tertiary/aromatic N) is 4. The average Bonchev–Trinajstić information content (AvgIpc) is 3.08. The summed E-state index contributed by atoms with van der Waals surface area (Å²) in [6, 6.07) is 12.5. The molecule has 0 unspecified atom stereocenters. The first kappa shape index (κ1) is 15.0. The van der Waals surface area contributed by atoms with Gasteiger partial charge in [0.15, 0.2) is 0 Å². The van der Waals surface area contributed by atoms with Crippen LogP contribution in [-0.4, -0.2) is 27.1 Å². The molecule has 0 saturated carbocycles. The van der Waals surface area contributed by atoms with Crippen molar-refractivity contribution in [1.29, 1.82) is 0 Å². The van der Waals surface area contributed by atoms with Crippen molar-refractivity contribution in [2.24, 2.45) is 0 Å². The summed E-state index contributed by atoms with van der Waals surface area (Å²) < 4.78 is 7.12. The summed E-state index contributed by atoms with van der Waals surface area (Å²) in [5.74, 6) is 0.680. The number of hydrogen-bond acceptors (Lipinski definition) is 6. The van der Waals surface area contributed by atoms with Crippen LogP contribution in [-0.2, 0) is 6.54 Å². The van der Waals surface area contributed by atoms with Crippen LogP contribution in [0.3, 0.4) is 0 Å². The molecular formula is C16H15N4O3-. The van der Waals surface area contributed by atoms with Gasteiger partial charge in [-0.05, 0) is 35.4 Å². The van der Waals surface area contributed by atoms with Crippen molar-refractivity contribution in [3.63, 3.8) is 0 Å². The molecule has 7 heteroatoms. The molecule has 0 bridgehead atoms. The zero-order chi connectivity index (χ0) is 16.2. The summed E-state index contributed by atoms with van der Waals surface area (Å²) >= 11 is 0. The number of ether oxygens (including phenoxy) is 1. The molecule has 2 aromatic carbocycles. The van der Waals surface area contributed by atoms with E-state index in [0.29, 0.717) is 12.3 Å². The summed E-state index contributed by atoms with van der Waals surface area (Å²) in [7, 11) is 1.59. The minimum atomic E-state index is -0.158. The summed E-state index contributed by atoms with van der Waals surface area (Å²) in [6.45, 7) is 0.574. The molecule has 0 fully saturated rings. The van der Waals surface area contributed by atoms with Gasteiger partial charge in [-0.3, -0.25) is 5.21 Å². The van der Waals surface area contributed by atoms with Crippen LogP contribution in [0.15, 0.2) is 55.1 Å². The third kappa shape index (κ3) is 3.31. The van der Waals surface area contributed by atoms with Crippen molar-refractivity contribution in [3.8, 4) is 16.9 Å². The Hall–Kier alpha value is -2.90. The average molecular weight is 311 g/mol. The van der Waals surface area contributed by atoms with Crippen LogP contribution >= 0.6 is 0 Å². The molecule has 0 radical (unpaired) electrons. The predicted molar refractivity (Wildman–Crippen MR) is 85.2 cm³/mol. The van der Waals surface area contributed by atoms with Crippen molar-refractivity contribution in [2.75, 3.05) is 12.3 Å². The molecule has 0 spiro atoms. The molecule has 23 heavy (non-hydrogen) atoms. The monoisotopic (exact) mass is 311 g/mol. The van der Waals surface area contributed by atoms with E-state index in [1.807, 2.05) is 24.3 Å². The Balaban J connectivity index is 2.00. The molecule has 1 aromatic heterocycles.